The Morgan fingerprint density at radius 3 is 2.65 bits per heavy atom. The van der Waals surface area contributed by atoms with Crippen LogP contribution in [0, 0.1) is 5.92 Å². The van der Waals surface area contributed by atoms with Crippen LogP contribution in [0.3, 0.4) is 0 Å². The maximum atomic E-state index is 8.92. The Bertz CT molecular complexity index is 388. The van der Waals surface area contributed by atoms with Gasteiger partial charge in [-0.3, -0.25) is 4.90 Å². The number of benzene rings is 1. The lowest BCUT2D eigenvalue weighted by Gasteiger charge is -2.37. The molecule has 0 aliphatic carbocycles. The molecule has 1 saturated heterocycles. The fraction of sp³-hybridized carbons (Fsp3) is 0.500. The SMILES string of the molecule is CC1CN(Cc2ccccc2)C(C)C/C1=N\O. The number of piperidine rings is 1. The molecule has 2 unspecified atom stereocenters. The Balaban J connectivity index is 2.03. The van der Waals surface area contributed by atoms with Crippen LogP contribution >= 0.6 is 0 Å². The summed E-state index contributed by atoms with van der Waals surface area (Å²) in [6.07, 6.45) is 0.866. The highest BCUT2D eigenvalue weighted by Gasteiger charge is 2.27. The van der Waals surface area contributed by atoms with Gasteiger partial charge < -0.3 is 5.21 Å². The summed E-state index contributed by atoms with van der Waals surface area (Å²) in [5.41, 5.74) is 2.28. The normalized spacial score (nSPS) is 28.5. The van der Waals surface area contributed by atoms with Gasteiger partial charge in [0.2, 0.25) is 0 Å². The zero-order valence-corrected chi connectivity index (χ0v) is 10.5. The zero-order chi connectivity index (χ0) is 12.3. The third-order valence-corrected chi connectivity index (χ3v) is 3.56. The summed E-state index contributed by atoms with van der Waals surface area (Å²) < 4.78 is 0. The molecule has 0 saturated carbocycles. The highest BCUT2D eigenvalue weighted by atomic mass is 16.4. The smallest absolute Gasteiger partial charge is 0.0627 e. The topological polar surface area (TPSA) is 35.8 Å². The minimum absolute atomic E-state index is 0.347. The van der Waals surface area contributed by atoms with Gasteiger partial charge in [0, 0.05) is 31.5 Å². The molecule has 3 heteroatoms. The van der Waals surface area contributed by atoms with Gasteiger partial charge in [-0.25, -0.2) is 0 Å². The average molecular weight is 232 g/mol. The summed E-state index contributed by atoms with van der Waals surface area (Å²) in [7, 11) is 0. The lowest BCUT2D eigenvalue weighted by atomic mass is 9.92. The number of likely N-dealkylation sites (tertiary alicyclic amines) is 1. The van der Waals surface area contributed by atoms with Crippen molar-refractivity contribution in [2.45, 2.75) is 32.9 Å². The van der Waals surface area contributed by atoms with Crippen molar-refractivity contribution in [3.63, 3.8) is 0 Å². The van der Waals surface area contributed by atoms with Crippen LogP contribution in [0.1, 0.15) is 25.8 Å². The van der Waals surface area contributed by atoms with Gasteiger partial charge in [0.05, 0.1) is 5.71 Å². The minimum Gasteiger partial charge on any atom is -0.411 e. The summed E-state index contributed by atoms with van der Waals surface area (Å²) in [5.74, 6) is 0.347. The summed E-state index contributed by atoms with van der Waals surface area (Å²) in [5, 5.41) is 12.3. The quantitative estimate of drug-likeness (QED) is 0.628. The van der Waals surface area contributed by atoms with Crippen molar-refractivity contribution in [2.24, 2.45) is 11.1 Å². The lowest BCUT2D eigenvalue weighted by molar-refractivity contribution is 0.168. The van der Waals surface area contributed by atoms with Crippen LogP contribution in [0.25, 0.3) is 0 Å². The van der Waals surface area contributed by atoms with Crippen LogP contribution in [-0.4, -0.2) is 28.4 Å². The molecular weight excluding hydrogens is 212 g/mol. The van der Waals surface area contributed by atoms with E-state index in [4.69, 9.17) is 5.21 Å². The van der Waals surface area contributed by atoms with Gasteiger partial charge in [0.15, 0.2) is 0 Å². The summed E-state index contributed by atoms with van der Waals surface area (Å²) in [6.45, 7) is 6.26. The van der Waals surface area contributed by atoms with Gasteiger partial charge in [-0.05, 0) is 12.5 Å². The van der Waals surface area contributed by atoms with Crippen molar-refractivity contribution in [2.75, 3.05) is 6.54 Å². The second kappa shape index (κ2) is 5.32. The van der Waals surface area contributed by atoms with Crippen LogP contribution in [-0.2, 0) is 6.54 Å². The Morgan fingerprint density at radius 2 is 2.00 bits per heavy atom. The van der Waals surface area contributed by atoms with Crippen LogP contribution in [0.15, 0.2) is 35.5 Å². The van der Waals surface area contributed by atoms with E-state index in [1.165, 1.54) is 5.56 Å². The Labute approximate surface area is 103 Å². The van der Waals surface area contributed by atoms with Crippen molar-refractivity contribution in [3.05, 3.63) is 35.9 Å². The molecule has 0 amide bonds. The third-order valence-electron chi connectivity index (χ3n) is 3.56. The number of nitrogens with zero attached hydrogens (tertiary/aromatic N) is 2. The highest BCUT2D eigenvalue weighted by Crippen LogP contribution is 2.21. The van der Waals surface area contributed by atoms with Gasteiger partial charge in [0.1, 0.15) is 0 Å². The first-order chi connectivity index (χ1) is 8.20. The van der Waals surface area contributed by atoms with Gasteiger partial charge >= 0.3 is 0 Å². The first kappa shape index (κ1) is 12.1. The summed E-state index contributed by atoms with van der Waals surface area (Å²) in [6, 6.07) is 11.0. The molecule has 17 heavy (non-hydrogen) atoms. The molecule has 1 heterocycles. The van der Waals surface area contributed by atoms with Crippen LogP contribution in [0.2, 0.25) is 0 Å². The molecule has 1 aliphatic rings. The molecule has 2 atom stereocenters. The van der Waals surface area contributed by atoms with E-state index < -0.39 is 0 Å². The van der Waals surface area contributed by atoms with Crippen molar-refractivity contribution < 1.29 is 5.21 Å². The summed E-state index contributed by atoms with van der Waals surface area (Å²) >= 11 is 0. The first-order valence-corrected chi connectivity index (χ1v) is 6.19. The fourth-order valence-corrected chi connectivity index (χ4v) is 2.45. The molecule has 3 nitrogen and oxygen atoms in total. The molecule has 0 radical (unpaired) electrons. The van der Waals surface area contributed by atoms with Crippen molar-refractivity contribution in [3.8, 4) is 0 Å². The maximum absolute atomic E-state index is 8.92. The maximum Gasteiger partial charge on any atom is 0.0627 e. The van der Waals surface area contributed by atoms with Gasteiger partial charge in [-0.2, -0.15) is 0 Å². The number of hydrogen-bond donors (Lipinski definition) is 1. The van der Waals surface area contributed by atoms with Gasteiger partial charge in [-0.1, -0.05) is 42.4 Å². The van der Waals surface area contributed by atoms with E-state index in [-0.39, 0.29) is 0 Å². The molecule has 1 aromatic rings. The second-order valence-corrected chi connectivity index (χ2v) is 4.96. The van der Waals surface area contributed by atoms with Crippen LogP contribution < -0.4 is 0 Å². The van der Waals surface area contributed by atoms with E-state index in [0.29, 0.717) is 12.0 Å². The largest absolute Gasteiger partial charge is 0.411 e. The van der Waals surface area contributed by atoms with E-state index in [2.05, 4.69) is 48.2 Å². The molecule has 0 bridgehead atoms. The second-order valence-electron chi connectivity index (χ2n) is 4.96. The van der Waals surface area contributed by atoms with Crippen molar-refractivity contribution in [1.29, 1.82) is 0 Å². The standard InChI is InChI=1S/C14H20N2O/c1-11-9-16(12(2)8-14(11)15-17)10-13-6-4-3-5-7-13/h3-7,11-12,17H,8-10H2,1-2H3/b15-14+. The Morgan fingerprint density at radius 1 is 1.29 bits per heavy atom. The molecule has 1 aromatic carbocycles. The molecular formula is C14H20N2O. The Kier molecular flexibility index (Phi) is 3.79. The zero-order valence-electron chi connectivity index (χ0n) is 10.5. The molecule has 1 aliphatic heterocycles. The van der Waals surface area contributed by atoms with Gasteiger partial charge in [-0.15, -0.1) is 0 Å². The number of oxime groups is 1. The van der Waals surface area contributed by atoms with Crippen LogP contribution in [0.5, 0.6) is 0 Å². The monoisotopic (exact) mass is 232 g/mol. The van der Waals surface area contributed by atoms with E-state index in [9.17, 15) is 0 Å². The third kappa shape index (κ3) is 2.86. The molecule has 0 aromatic heterocycles. The predicted molar refractivity (Wildman–Crippen MR) is 69.3 cm³/mol. The predicted octanol–water partition coefficient (Wildman–Crippen LogP) is 2.75. The van der Waals surface area contributed by atoms with E-state index in [1.807, 2.05) is 6.07 Å². The van der Waals surface area contributed by atoms with Gasteiger partial charge in [0.25, 0.3) is 0 Å². The van der Waals surface area contributed by atoms with Crippen LogP contribution in [0.4, 0.5) is 0 Å². The fourth-order valence-electron chi connectivity index (χ4n) is 2.45. The molecule has 1 fully saturated rings. The molecule has 0 spiro atoms. The first-order valence-electron chi connectivity index (χ1n) is 6.19. The Hall–Kier alpha value is -1.35. The van der Waals surface area contributed by atoms with E-state index >= 15 is 0 Å². The molecule has 1 N–H and O–H groups in total. The minimum atomic E-state index is 0.347. The van der Waals surface area contributed by atoms with E-state index in [0.717, 1.165) is 25.2 Å². The highest BCUT2D eigenvalue weighted by molar-refractivity contribution is 5.87. The molecule has 92 valence electrons. The van der Waals surface area contributed by atoms with E-state index in [1.54, 1.807) is 0 Å². The van der Waals surface area contributed by atoms with Crippen molar-refractivity contribution in [1.82, 2.24) is 4.90 Å². The van der Waals surface area contributed by atoms with Crippen molar-refractivity contribution >= 4 is 5.71 Å². The average Bonchev–Trinajstić information content (AvgIpc) is 2.34. The number of hydrogen-bond acceptors (Lipinski definition) is 3. The summed E-state index contributed by atoms with van der Waals surface area (Å²) in [4.78, 5) is 2.45. The molecule has 2 rings (SSSR count). The lowest BCUT2D eigenvalue weighted by Crippen LogP contribution is -2.44. The number of rotatable bonds is 2.